The number of hydrogen-bond donors (Lipinski definition) is 1. The van der Waals surface area contributed by atoms with Crippen molar-refractivity contribution in [3.63, 3.8) is 0 Å². The number of fused-ring (bicyclic) bond motifs is 1. The molecule has 2 aromatic heterocycles. The highest BCUT2D eigenvalue weighted by molar-refractivity contribution is 7.89. The Labute approximate surface area is 206 Å². The number of aliphatic carboxylic acids is 1. The molecule has 10 nitrogen and oxygen atoms in total. The maximum absolute atomic E-state index is 13.7. The molecule has 5 rings (SSSR count). The van der Waals surface area contributed by atoms with Gasteiger partial charge < -0.3 is 10.2 Å². The summed E-state index contributed by atoms with van der Waals surface area (Å²) in [6.45, 7) is 2.16. The van der Waals surface area contributed by atoms with Crippen LogP contribution >= 0.6 is 11.6 Å². The van der Waals surface area contributed by atoms with Gasteiger partial charge in [-0.25, -0.2) is 8.42 Å². The van der Waals surface area contributed by atoms with Gasteiger partial charge in [-0.15, -0.1) is 0 Å². The summed E-state index contributed by atoms with van der Waals surface area (Å²) in [5, 5.41) is 22.7. The molecule has 1 aliphatic carbocycles. The number of aromatic nitrogens is 4. The smallest absolute Gasteiger partial charge is 0.467 e. The molecule has 3 aromatic rings. The Kier molecular flexibility index (Phi) is 5.86. The van der Waals surface area contributed by atoms with E-state index in [0.29, 0.717) is 28.0 Å². The quantitative estimate of drug-likeness (QED) is 0.496. The Morgan fingerprint density at radius 1 is 1.29 bits per heavy atom. The lowest BCUT2D eigenvalue weighted by Gasteiger charge is -2.29. The largest absolute Gasteiger partial charge is 0.563 e. The molecule has 1 unspecified atom stereocenters. The molecule has 0 saturated carbocycles. The van der Waals surface area contributed by atoms with Crippen molar-refractivity contribution >= 4 is 38.5 Å². The van der Waals surface area contributed by atoms with Crippen LogP contribution in [0.2, 0.25) is 5.02 Å². The number of allylic oxidation sites excluding steroid dienone is 2. The van der Waals surface area contributed by atoms with Gasteiger partial charge in [0.1, 0.15) is 4.90 Å². The van der Waals surface area contributed by atoms with Gasteiger partial charge >= 0.3 is 12.0 Å². The minimum atomic E-state index is -4.00. The van der Waals surface area contributed by atoms with Crippen molar-refractivity contribution in [1.29, 1.82) is 0 Å². The molecule has 12 heteroatoms. The number of benzene rings is 1. The van der Waals surface area contributed by atoms with Gasteiger partial charge in [-0.05, 0) is 36.1 Å². The van der Waals surface area contributed by atoms with Crippen LogP contribution < -0.4 is 0 Å². The lowest BCUT2D eigenvalue weighted by atomic mass is 9.95. The van der Waals surface area contributed by atoms with E-state index < -0.39 is 28.1 Å². The average Bonchev–Trinajstić information content (AvgIpc) is 3.51. The third kappa shape index (κ3) is 4.09. The fourth-order valence-corrected chi connectivity index (χ4v) is 6.72. The monoisotopic (exact) mass is 516 g/mol. The zero-order valence-electron chi connectivity index (χ0n) is 18.7. The van der Waals surface area contributed by atoms with Crippen LogP contribution in [0.5, 0.6) is 6.01 Å². The molecule has 1 aromatic carbocycles. The molecule has 1 aliphatic heterocycles. The number of carboxylic acid groups (broad SMARTS) is 1. The van der Waals surface area contributed by atoms with Gasteiger partial charge in [0.05, 0.1) is 42.1 Å². The highest BCUT2D eigenvalue weighted by Crippen LogP contribution is 2.43. The molecule has 1 fully saturated rings. The predicted molar refractivity (Wildman–Crippen MR) is 129 cm³/mol. The molecule has 0 amide bonds. The van der Waals surface area contributed by atoms with Crippen LogP contribution in [0, 0.1) is 5.92 Å². The van der Waals surface area contributed by atoms with Gasteiger partial charge in [-0.2, -0.15) is 19.4 Å². The molecule has 1 saturated heterocycles. The van der Waals surface area contributed by atoms with Gasteiger partial charge in [0, 0.05) is 17.0 Å². The van der Waals surface area contributed by atoms with Crippen molar-refractivity contribution in [2.45, 2.75) is 36.7 Å². The lowest BCUT2D eigenvalue weighted by molar-refractivity contribution is -0.136. The van der Waals surface area contributed by atoms with Crippen LogP contribution in [0.4, 0.5) is 0 Å². The molecule has 0 radical (unpaired) electrons. The molecule has 3 heterocycles. The molecule has 35 heavy (non-hydrogen) atoms. The fourth-order valence-electron chi connectivity index (χ4n) is 4.93. The fraction of sp³-hybridized carbons (Fsp3) is 0.304. The Balaban J connectivity index is 1.67. The number of carboxylic acids is 1. The third-order valence-corrected chi connectivity index (χ3v) is 8.44. The SMILES string of the molecule is C[C@@H]1CN(S(=O)(=O)c2cnc([OH2+])nc2)C(C2=CCC=C2)[C@@H]1n1nc(CC(=O)O)c2ccc(Cl)cc21. The zero-order valence-corrected chi connectivity index (χ0v) is 20.2. The van der Waals surface area contributed by atoms with E-state index in [1.54, 1.807) is 22.9 Å². The van der Waals surface area contributed by atoms with Crippen LogP contribution in [0.15, 0.2) is 59.3 Å². The van der Waals surface area contributed by atoms with E-state index in [1.165, 1.54) is 4.31 Å². The van der Waals surface area contributed by atoms with Crippen molar-refractivity contribution < 1.29 is 23.4 Å². The average molecular weight is 517 g/mol. The van der Waals surface area contributed by atoms with Crippen LogP contribution in [0.25, 0.3) is 10.9 Å². The van der Waals surface area contributed by atoms with Crippen LogP contribution in [0.3, 0.4) is 0 Å². The van der Waals surface area contributed by atoms with E-state index >= 15 is 0 Å². The van der Waals surface area contributed by atoms with Gasteiger partial charge in [0.15, 0.2) is 0 Å². The predicted octanol–water partition coefficient (Wildman–Crippen LogP) is 2.68. The van der Waals surface area contributed by atoms with Crippen LogP contribution in [-0.2, 0) is 21.2 Å². The lowest BCUT2D eigenvalue weighted by Crippen LogP contribution is -2.39. The summed E-state index contributed by atoms with van der Waals surface area (Å²) in [4.78, 5) is 18.9. The summed E-state index contributed by atoms with van der Waals surface area (Å²) in [7, 11) is -4.00. The molecular formula is C23H23ClN5O5S+. The summed E-state index contributed by atoms with van der Waals surface area (Å²) in [5.41, 5.74) is 1.89. The minimum Gasteiger partial charge on any atom is -0.563 e. The highest BCUT2D eigenvalue weighted by Gasteiger charge is 2.49. The first-order valence-corrected chi connectivity index (χ1v) is 12.8. The molecular weight excluding hydrogens is 494 g/mol. The zero-order chi connectivity index (χ0) is 24.9. The van der Waals surface area contributed by atoms with Gasteiger partial charge in [-0.3, -0.25) is 9.48 Å². The van der Waals surface area contributed by atoms with Crippen molar-refractivity contribution in [1.82, 2.24) is 24.1 Å². The summed E-state index contributed by atoms with van der Waals surface area (Å²) in [6, 6.07) is 3.89. The van der Waals surface area contributed by atoms with Crippen LogP contribution in [-0.4, -0.2) is 61.2 Å². The second-order valence-electron chi connectivity index (χ2n) is 8.70. The van der Waals surface area contributed by atoms with Crippen molar-refractivity contribution in [2.75, 3.05) is 6.54 Å². The van der Waals surface area contributed by atoms with E-state index in [2.05, 4.69) is 15.1 Å². The number of halogens is 1. The second-order valence-corrected chi connectivity index (χ2v) is 11.0. The summed E-state index contributed by atoms with van der Waals surface area (Å²) >= 11 is 6.29. The van der Waals surface area contributed by atoms with Crippen molar-refractivity contribution in [3.05, 3.63) is 65.1 Å². The Morgan fingerprint density at radius 2 is 2.03 bits per heavy atom. The van der Waals surface area contributed by atoms with E-state index in [4.69, 9.17) is 16.7 Å². The van der Waals surface area contributed by atoms with Gasteiger partial charge in [0.25, 0.3) is 0 Å². The van der Waals surface area contributed by atoms with Crippen molar-refractivity contribution in [3.8, 4) is 6.01 Å². The van der Waals surface area contributed by atoms with E-state index in [0.717, 1.165) is 18.0 Å². The summed E-state index contributed by atoms with van der Waals surface area (Å²) in [6.07, 6.45) is 8.58. The van der Waals surface area contributed by atoms with E-state index in [1.807, 2.05) is 25.2 Å². The highest BCUT2D eigenvalue weighted by atomic mass is 35.5. The number of rotatable bonds is 6. The Morgan fingerprint density at radius 3 is 2.69 bits per heavy atom. The standard InChI is InChI=1S/C23H22ClN5O5S/c1-13-12-28(35(33,34)16-10-25-23(32)26-11-16)22(14-4-2-3-5-14)21(13)29-19-8-15(24)6-7-17(19)18(27-29)9-20(30)31/h2,4-8,10-11,13,21-22H,3,9,12H2,1H3,(H,30,31)(H,25,26,32)/p+1/t13-,21-,22?/m1/s1. The number of carbonyl (C=O) groups is 1. The number of sulfonamides is 1. The second kappa shape index (κ2) is 8.74. The van der Waals surface area contributed by atoms with E-state index in [9.17, 15) is 18.3 Å². The third-order valence-electron chi connectivity index (χ3n) is 6.41. The molecule has 2 aliphatic rings. The molecule has 0 bridgehead atoms. The maximum Gasteiger partial charge on any atom is 0.467 e. The molecule has 182 valence electrons. The number of hydrogen-bond acceptors (Lipinski definition) is 6. The molecule has 3 atom stereocenters. The first-order chi connectivity index (χ1) is 16.7. The minimum absolute atomic E-state index is 0.0890. The van der Waals surface area contributed by atoms with E-state index in [-0.39, 0.29) is 29.8 Å². The molecule has 0 spiro atoms. The van der Waals surface area contributed by atoms with Gasteiger partial charge in [-0.1, -0.05) is 36.8 Å². The first-order valence-electron chi connectivity index (χ1n) is 11.0. The van der Waals surface area contributed by atoms with Crippen molar-refractivity contribution in [2.24, 2.45) is 5.92 Å². The number of nitrogens with zero attached hydrogens (tertiary/aromatic N) is 5. The Bertz CT molecular complexity index is 1480. The van der Waals surface area contributed by atoms with Gasteiger partial charge in [0.2, 0.25) is 10.0 Å². The topological polar surface area (TPSA) is 141 Å². The van der Waals surface area contributed by atoms with Crippen LogP contribution in [0.1, 0.15) is 25.1 Å². The summed E-state index contributed by atoms with van der Waals surface area (Å²) in [5.74, 6) is -1.17. The Hall–Kier alpha value is -3.28. The first kappa shape index (κ1) is 23.5. The maximum atomic E-state index is 13.7. The normalized spacial score (nSPS) is 22.7. The molecule has 3 N–H and O–H groups in total. The summed E-state index contributed by atoms with van der Waals surface area (Å²) < 4.78 is 30.6.